The lowest BCUT2D eigenvalue weighted by Gasteiger charge is -1.87. The molecule has 0 fully saturated rings. The Balaban J connectivity index is -0.000000126. The van der Waals surface area contributed by atoms with Crippen LogP contribution in [-0.4, -0.2) is 0 Å². The summed E-state index contributed by atoms with van der Waals surface area (Å²) in [5, 5.41) is 0. The predicted molar refractivity (Wildman–Crippen MR) is 119 cm³/mol. The second-order valence-corrected chi connectivity index (χ2v) is 5.87. The molecule has 0 aliphatic carbocycles. The average molecular weight is 339 g/mol. The van der Waals surface area contributed by atoms with Crippen molar-refractivity contribution in [2.24, 2.45) is 0 Å². The molecule has 0 saturated carbocycles. The molecule has 0 spiro atoms. The largest absolute Gasteiger partial charge is 0.0885 e. The summed E-state index contributed by atoms with van der Waals surface area (Å²) < 4.78 is 0. The second kappa shape index (κ2) is 43.2. The zero-order chi connectivity index (χ0) is 19.3. The van der Waals surface area contributed by atoms with Crippen LogP contribution in [0.3, 0.4) is 0 Å². The van der Waals surface area contributed by atoms with Crippen molar-refractivity contribution >= 4 is 0 Å². The molecule has 0 aromatic carbocycles. The van der Waals surface area contributed by atoms with E-state index in [0.717, 1.165) is 6.42 Å². The Hall–Kier alpha value is -0.780. The predicted octanol–water partition coefficient (Wildman–Crippen LogP) is 9.67. The second-order valence-electron chi connectivity index (χ2n) is 5.87. The normalized spacial score (nSPS) is 10.0. The lowest BCUT2D eigenvalue weighted by atomic mass is 10.2. The van der Waals surface area contributed by atoms with Gasteiger partial charge in [-0.3, -0.25) is 0 Å². The fourth-order valence-corrected chi connectivity index (χ4v) is 1.28. The third kappa shape index (κ3) is 68.9. The summed E-state index contributed by atoms with van der Waals surface area (Å²) in [6, 6.07) is 0. The van der Waals surface area contributed by atoms with Crippen LogP contribution in [0.4, 0.5) is 0 Å². The van der Waals surface area contributed by atoms with Gasteiger partial charge in [-0.15, -0.1) is 0 Å². The SMILES string of the molecule is CC/C=C/C=C/CCC.CCC.CCC.CCC/C=C/CCCC. The average Bonchev–Trinajstić information content (AvgIpc) is 2.57. The fraction of sp³-hybridized carbons (Fsp3) is 0.750. The Kier molecular flexibility index (Phi) is 55.9. The van der Waals surface area contributed by atoms with E-state index in [1.807, 2.05) is 0 Å². The van der Waals surface area contributed by atoms with Crippen LogP contribution in [0.1, 0.15) is 120 Å². The molecular weight excluding hydrogens is 288 g/mol. The Morgan fingerprint density at radius 1 is 0.458 bits per heavy atom. The first kappa shape index (κ1) is 31.0. The Morgan fingerprint density at radius 3 is 1.29 bits per heavy atom. The third-order valence-electron chi connectivity index (χ3n) is 2.42. The molecule has 0 aromatic heterocycles. The van der Waals surface area contributed by atoms with Crippen LogP contribution in [0.2, 0.25) is 0 Å². The van der Waals surface area contributed by atoms with Crippen molar-refractivity contribution < 1.29 is 0 Å². The number of hydrogen-bond donors (Lipinski definition) is 0. The van der Waals surface area contributed by atoms with E-state index < -0.39 is 0 Å². The molecule has 0 rings (SSSR count). The minimum atomic E-state index is 1.14. The molecule has 0 atom stereocenters. The van der Waals surface area contributed by atoms with E-state index in [2.05, 4.69) is 91.8 Å². The van der Waals surface area contributed by atoms with Gasteiger partial charge in [0.15, 0.2) is 0 Å². The van der Waals surface area contributed by atoms with Crippen LogP contribution in [0.5, 0.6) is 0 Å². The summed E-state index contributed by atoms with van der Waals surface area (Å²) in [7, 11) is 0. The zero-order valence-electron chi connectivity index (χ0n) is 18.5. The first-order chi connectivity index (χ1) is 11.7. The minimum absolute atomic E-state index is 1.14. The number of rotatable bonds is 9. The van der Waals surface area contributed by atoms with Gasteiger partial charge >= 0.3 is 0 Å². The number of hydrogen-bond acceptors (Lipinski definition) is 0. The summed E-state index contributed by atoms with van der Waals surface area (Å²) in [6.45, 7) is 17.3. The van der Waals surface area contributed by atoms with Crippen molar-refractivity contribution in [1.29, 1.82) is 0 Å². The monoisotopic (exact) mass is 338 g/mol. The first-order valence-corrected chi connectivity index (χ1v) is 10.6. The minimum Gasteiger partial charge on any atom is -0.0885 e. The summed E-state index contributed by atoms with van der Waals surface area (Å²) in [5.41, 5.74) is 0. The van der Waals surface area contributed by atoms with Crippen molar-refractivity contribution in [3.05, 3.63) is 36.5 Å². The van der Waals surface area contributed by atoms with Crippen LogP contribution in [-0.2, 0) is 0 Å². The van der Waals surface area contributed by atoms with E-state index in [9.17, 15) is 0 Å². The highest BCUT2D eigenvalue weighted by atomic mass is 13.8. The summed E-state index contributed by atoms with van der Waals surface area (Å²) in [6.07, 6.45) is 25.7. The molecule has 0 heteroatoms. The molecule has 0 aliphatic rings. The van der Waals surface area contributed by atoms with Gasteiger partial charge in [0.2, 0.25) is 0 Å². The van der Waals surface area contributed by atoms with Crippen LogP contribution in [0.15, 0.2) is 36.5 Å². The van der Waals surface area contributed by atoms with E-state index in [1.54, 1.807) is 0 Å². The zero-order valence-corrected chi connectivity index (χ0v) is 18.5. The van der Waals surface area contributed by atoms with Gasteiger partial charge < -0.3 is 0 Å². The van der Waals surface area contributed by atoms with Crippen molar-refractivity contribution in [1.82, 2.24) is 0 Å². The molecule has 24 heavy (non-hydrogen) atoms. The van der Waals surface area contributed by atoms with Gasteiger partial charge in [0.05, 0.1) is 0 Å². The van der Waals surface area contributed by atoms with Crippen LogP contribution in [0.25, 0.3) is 0 Å². The fourth-order valence-electron chi connectivity index (χ4n) is 1.28. The molecule has 0 bridgehead atoms. The Labute approximate surface area is 156 Å². The molecule has 0 aliphatic heterocycles. The van der Waals surface area contributed by atoms with Gasteiger partial charge in [-0.2, -0.15) is 0 Å². The number of allylic oxidation sites excluding steroid dienone is 6. The highest BCUT2D eigenvalue weighted by molar-refractivity contribution is 5.01. The highest BCUT2D eigenvalue weighted by Gasteiger charge is 1.76. The summed E-state index contributed by atoms with van der Waals surface area (Å²) in [4.78, 5) is 0. The molecule has 0 nitrogen and oxygen atoms in total. The lowest BCUT2D eigenvalue weighted by Crippen LogP contribution is -1.66. The summed E-state index contributed by atoms with van der Waals surface area (Å²) in [5.74, 6) is 0. The maximum atomic E-state index is 2.30. The first-order valence-electron chi connectivity index (χ1n) is 10.6. The quantitative estimate of drug-likeness (QED) is 0.223. The van der Waals surface area contributed by atoms with Crippen molar-refractivity contribution in [3.63, 3.8) is 0 Å². The lowest BCUT2D eigenvalue weighted by molar-refractivity contribution is 0.810. The molecule has 0 unspecified atom stereocenters. The van der Waals surface area contributed by atoms with E-state index in [0.29, 0.717) is 0 Å². The molecule has 0 radical (unpaired) electrons. The van der Waals surface area contributed by atoms with Crippen LogP contribution >= 0.6 is 0 Å². The highest BCUT2D eigenvalue weighted by Crippen LogP contribution is 1.96. The summed E-state index contributed by atoms with van der Waals surface area (Å²) >= 11 is 0. The number of unbranched alkanes of at least 4 members (excludes halogenated alkanes) is 4. The van der Waals surface area contributed by atoms with Crippen molar-refractivity contribution in [3.8, 4) is 0 Å². The Morgan fingerprint density at radius 2 is 0.875 bits per heavy atom. The molecular formula is C24H50. The van der Waals surface area contributed by atoms with Crippen LogP contribution < -0.4 is 0 Å². The van der Waals surface area contributed by atoms with E-state index >= 15 is 0 Å². The molecule has 0 aromatic rings. The molecule has 0 amide bonds. The van der Waals surface area contributed by atoms with Gasteiger partial charge in [0.25, 0.3) is 0 Å². The van der Waals surface area contributed by atoms with Gasteiger partial charge in [-0.25, -0.2) is 0 Å². The van der Waals surface area contributed by atoms with Crippen LogP contribution in [0, 0.1) is 0 Å². The maximum absolute atomic E-state index is 2.30. The maximum Gasteiger partial charge on any atom is -0.0350 e. The standard InChI is InChI=1S/C9H18.C9H16.2C3H8/c2*1-3-5-7-9-8-6-4-2;2*1-3-2/h7,9H,3-6,8H2,1-2H3;5,7-9H,3-4,6H2,1-2H3;2*3H2,1-2H3/b9-7+;7-5+,9-8+;;. The molecule has 0 saturated heterocycles. The molecule has 146 valence electrons. The van der Waals surface area contributed by atoms with Gasteiger partial charge in [0.1, 0.15) is 0 Å². The van der Waals surface area contributed by atoms with Gasteiger partial charge in [0, 0.05) is 0 Å². The third-order valence-corrected chi connectivity index (χ3v) is 2.42. The van der Waals surface area contributed by atoms with Gasteiger partial charge in [-0.1, -0.05) is 130 Å². The van der Waals surface area contributed by atoms with E-state index in [4.69, 9.17) is 0 Å². The topological polar surface area (TPSA) is 0 Å². The van der Waals surface area contributed by atoms with Crippen molar-refractivity contribution in [2.45, 2.75) is 120 Å². The Bertz CT molecular complexity index is 218. The molecule has 0 N–H and O–H groups in total. The smallest absolute Gasteiger partial charge is 0.0350 e. The van der Waals surface area contributed by atoms with E-state index in [-0.39, 0.29) is 0 Å². The molecule has 0 heterocycles. The van der Waals surface area contributed by atoms with Gasteiger partial charge in [-0.05, 0) is 25.7 Å². The van der Waals surface area contributed by atoms with E-state index in [1.165, 1.54) is 57.8 Å². The van der Waals surface area contributed by atoms with Crippen molar-refractivity contribution in [2.75, 3.05) is 0 Å².